The van der Waals surface area contributed by atoms with Crippen LogP contribution in [-0.2, 0) is 16.0 Å². The minimum atomic E-state index is -0.178. The molecule has 0 bridgehead atoms. The number of aryl methyl sites for hydroxylation is 1. The van der Waals surface area contributed by atoms with Crippen molar-refractivity contribution in [2.75, 3.05) is 20.2 Å². The summed E-state index contributed by atoms with van der Waals surface area (Å²) in [5.41, 5.74) is 0.789. The topological polar surface area (TPSA) is 72.4 Å². The highest BCUT2D eigenvalue weighted by molar-refractivity contribution is 7.08. The number of likely N-dealkylation sites (tertiary alicyclic amines) is 1. The highest BCUT2D eigenvalue weighted by Crippen LogP contribution is 2.22. The van der Waals surface area contributed by atoms with Crippen LogP contribution in [-0.4, -0.2) is 46.6 Å². The summed E-state index contributed by atoms with van der Waals surface area (Å²) >= 11 is 1.16. The SMILES string of the molecule is CCCc1nnsc1C(=O)N1CCC(C(=O)OC)CC1. The van der Waals surface area contributed by atoms with Gasteiger partial charge in [0.1, 0.15) is 4.88 Å². The van der Waals surface area contributed by atoms with E-state index in [2.05, 4.69) is 16.5 Å². The molecule has 1 fully saturated rings. The molecule has 0 spiro atoms. The molecular formula is C13H19N3O3S. The second kappa shape index (κ2) is 6.78. The largest absolute Gasteiger partial charge is 0.469 e. The van der Waals surface area contributed by atoms with Gasteiger partial charge >= 0.3 is 5.97 Å². The number of carbonyl (C=O) groups excluding carboxylic acids is 2. The van der Waals surface area contributed by atoms with Crippen LogP contribution in [0.15, 0.2) is 0 Å². The molecular weight excluding hydrogens is 278 g/mol. The normalized spacial score (nSPS) is 16.2. The van der Waals surface area contributed by atoms with E-state index in [9.17, 15) is 9.59 Å². The summed E-state index contributed by atoms with van der Waals surface area (Å²) in [6.07, 6.45) is 3.04. The molecule has 2 heterocycles. The van der Waals surface area contributed by atoms with Crippen LogP contribution in [0.2, 0.25) is 0 Å². The lowest BCUT2D eigenvalue weighted by molar-refractivity contribution is -0.146. The van der Waals surface area contributed by atoms with Crippen molar-refractivity contribution in [3.8, 4) is 0 Å². The second-order valence-electron chi connectivity index (χ2n) is 4.89. The van der Waals surface area contributed by atoms with Crippen LogP contribution in [0.5, 0.6) is 0 Å². The number of hydrogen-bond acceptors (Lipinski definition) is 6. The Kier molecular flexibility index (Phi) is 5.05. The molecule has 0 radical (unpaired) electrons. The number of aromatic nitrogens is 2. The number of esters is 1. The number of ether oxygens (including phenoxy) is 1. The van der Waals surface area contributed by atoms with Gasteiger partial charge in [-0.05, 0) is 30.8 Å². The van der Waals surface area contributed by atoms with E-state index < -0.39 is 0 Å². The first-order chi connectivity index (χ1) is 9.67. The van der Waals surface area contributed by atoms with Crippen molar-refractivity contribution in [1.29, 1.82) is 0 Å². The minimum Gasteiger partial charge on any atom is -0.469 e. The fourth-order valence-electron chi connectivity index (χ4n) is 2.40. The summed E-state index contributed by atoms with van der Waals surface area (Å²) in [4.78, 5) is 26.3. The monoisotopic (exact) mass is 297 g/mol. The Hall–Kier alpha value is -1.50. The number of carbonyl (C=O) groups is 2. The Morgan fingerprint density at radius 1 is 1.40 bits per heavy atom. The van der Waals surface area contributed by atoms with E-state index in [1.165, 1.54) is 7.11 Å². The molecule has 0 aromatic carbocycles. The number of amides is 1. The van der Waals surface area contributed by atoms with Crippen molar-refractivity contribution >= 4 is 23.4 Å². The average Bonchev–Trinajstić information content (AvgIpc) is 2.94. The predicted molar refractivity (Wildman–Crippen MR) is 74.5 cm³/mol. The third-order valence-corrected chi connectivity index (χ3v) is 4.31. The molecule has 0 N–H and O–H groups in total. The van der Waals surface area contributed by atoms with Crippen LogP contribution >= 0.6 is 11.5 Å². The van der Waals surface area contributed by atoms with Crippen molar-refractivity contribution in [1.82, 2.24) is 14.5 Å². The lowest BCUT2D eigenvalue weighted by Crippen LogP contribution is -2.40. The van der Waals surface area contributed by atoms with Gasteiger partial charge in [-0.25, -0.2) is 0 Å². The maximum absolute atomic E-state index is 12.4. The fourth-order valence-corrected chi connectivity index (χ4v) is 3.08. The van der Waals surface area contributed by atoms with E-state index in [-0.39, 0.29) is 17.8 Å². The molecule has 0 saturated carbocycles. The molecule has 0 atom stereocenters. The molecule has 20 heavy (non-hydrogen) atoms. The van der Waals surface area contributed by atoms with E-state index in [4.69, 9.17) is 4.74 Å². The van der Waals surface area contributed by atoms with Gasteiger partial charge in [0.05, 0.1) is 18.7 Å². The third-order valence-electron chi connectivity index (χ3n) is 3.55. The third kappa shape index (κ3) is 3.15. The molecule has 7 heteroatoms. The van der Waals surface area contributed by atoms with Gasteiger partial charge in [-0.2, -0.15) is 0 Å². The number of nitrogens with zero attached hydrogens (tertiary/aromatic N) is 3. The first-order valence-electron chi connectivity index (χ1n) is 6.85. The lowest BCUT2D eigenvalue weighted by Gasteiger charge is -2.30. The molecule has 1 aliphatic heterocycles. The number of hydrogen-bond donors (Lipinski definition) is 0. The zero-order chi connectivity index (χ0) is 14.5. The first-order valence-corrected chi connectivity index (χ1v) is 7.63. The van der Waals surface area contributed by atoms with Crippen molar-refractivity contribution in [2.24, 2.45) is 5.92 Å². The van der Waals surface area contributed by atoms with Crippen LogP contribution in [0.3, 0.4) is 0 Å². The Bertz CT molecular complexity index is 481. The summed E-state index contributed by atoms with van der Waals surface area (Å²) in [5.74, 6) is -0.270. The van der Waals surface area contributed by atoms with Crippen LogP contribution in [0.25, 0.3) is 0 Å². The molecule has 1 saturated heterocycles. The second-order valence-corrected chi connectivity index (χ2v) is 5.64. The summed E-state index contributed by atoms with van der Waals surface area (Å²) in [6.45, 7) is 3.22. The fraction of sp³-hybridized carbons (Fsp3) is 0.692. The van der Waals surface area contributed by atoms with Crippen LogP contribution in [0.4, 0.5) is 0 Å². The lowest BCUT2D eigenvalue weighted by atomic mass is 9.97. The molecule has 0 unspecified atom stereocenters. The molecule has 110 valence electrons. The highest BCUT2D eigenvalue weighted by Gasteiger charge is 2.30. The Labute approximate surface area is 122 Å². The quantitative estimate of drug-likeness (QED) is 0.788. The maximum Gasteiger partial charge on any atom is 0.308 e. The van der Waals surface area contributed by atoms with Crippen molar-refractivity contribution in [3.05, 3.63) is 10.6 Å². The van der Waals surface area contributed by atoms with Gasteiger partial charge < -0.3 is 9.64 Å². The van der Waals surface area contributed by atoms with Gasteiger partial charge in [-0.15, -0.1) is 5.10 Å². The van der Waals surface area contributed by atoms with Crippen LogP contribution < -0.4 is 0 Å². The summed E-state index contributed by atoms with van der Waals surface area (Å²) in [5, 5.41) is 4.03. The van der Waals surface area contributed by atoms with Gasteiger partial charge in [0.25, 0.3) is 5.91 Å². The van der Waals surface area contributed by atoms with Crippen LogP contribution in [0, 0.1) is 5.92 Å². The van der Waals surface area contributed by atoms with Crippen molar-refractivity contribution in [3.63, 3.8) is 0 Å². The Morgan fingerprint density at radius 3 is 2.70 bits per heavy atom. The minimum absolute atomic E-state index is 0.00762. The smallest absolute Gasteiger partial charge is 0.308 e. The van der Waals surface area contributed by atoms with Gasteiger partial charge in [0, 0.05) is 13.1 Å². The zero-order valence-corrected chi connectivity index (χ0v) is 12.6. The summed E-state index contributed by atoms with van der Waals surface area (Å²) < 4.78 is 8.63. The van der Waals surface area contributed by atoms with Crippen LogP contribution in [0.1, 0.15) is 41.6 Å². The van der Waals surface area contributed by atoms with E-state index in [1.807, 2.05) is 0 Å². The van der Waals surface area contributed by atoms with E-state index >= 15 is 0 Å². The van der Waals surface area contributed by atoms with Gasteiger partial charge in [0.2, 0.25) is 0 Å². The molecule has 0 aliphatic carbocycles. The van der Waals surface area contributed by atoms with Gasteiger partial charge in [-0.1, -0.05) is 17.8 Å². The van der Waals surface area contributed by atoms with E-state index in [0.717, 1.165) is 30.1 Å². The zero-order valence-electron chi connectivity index (χ0n) is 11.8. The molecule has 1 amide bonds. The van der Waals surface area contributed by atoms with Gasteiger partial charge in [-0.3, -0.25) is 9.59 Å². The number of rotatable bonds is 4. The predicted octanol–water partition coefficient (Wildman–Crippen LogP) is 1.52. The first kappa shape index (κ1) is 14.9. The van der Waals surface area contributed by atoms with Gasteiger partial charge in [0.15, 0.2) is 0 Å². The standard InChI is InChI=1S/C13H19N3O3S/c1-3-4-10-11(20-15-14-10)12(17)16-7-5-9(6-8-16)13(18)19-2/h9H,3-8H2,1-2H3. The number of piperidine rings is 1. The Balaban J connectivity index is 1.98. The Morgan fingerprint density at radius 2 is 2.10 bits per heavy atom. The molecule has 1 aromatic rings. The molecule has 2 rings (SSSR count). The maximum atomic E-state index is 12.4. The van der Waals surface area contributed by atoms with Crippen molar-refractivity contribution < 1.29 is 14.3 Å². The average molecular weight is 297 g/mol. The molecule has 1 aliphatic rings. The van der Waals surface area contributed by atoms with Crippen molar-refractivity contribution in [2.45, 2.75) is 32.6 Å². The van der Waals surface area contributed by atoms with E-state index in [1.54, 1.807) is 4.90 Å². The summed E-state index contributed by atoms with van der Waals surface area (Å²) in [6, 6.07) is 0. The van der Waals surface area contributed by atoms with E-state index in [0.29, 0.717) is 30.8 Å². The molecule has 6 nitrogen and oxygen atoms in total. The highest BCUT2D eigenvalue weighted by atomic mass is 32.1. The number of methoxy groups -OCH3 is 1. The molecule has 1 aromatic heterocycles. The summed E-state index contributed by atoms with van der Waals surface area (Å²) in [7, 11) is 1.40.